The molecule has 146 valence electrons. The Morgan fingerprint density at radius 2 is 1.08 bits per heavy atom. The summed E-state index contributed by atoms with van der Waals surface area (Å²) in [6.07, 6.45) is -2.38. The molecule has 14 heteroatoms. The van der Waals surface area contributed by atoms with E-state index in [1.165, 1.54) is 0 Å². The Balaban J connectivity index is -0.000000306. The second-order valence-electron chi connectivity index (χ2n) is 3.76. The summed E-state index contributed by atoms with van der Waals surface area (Å²) >= 11 is 0. The zero-order valence-corrected chi connectivity index (χ0v) is 12.6. The molecular weight excluding hydrogens is 368 g/mol. The SMILES string of the molecule is O=C(O)C=CC(=O)O.O=C(O)CC(=O)C(=O)O.O=C(O)CC(O)C(=O)O. The van der Waals surface area contributed by atoms with Gasteiger partial charge in [-0.1, -0.05) is 0 Å². The van der Waals surface area contributed by atoms with E-state index < -0.39 is 60.5 Å². The molecule has 1 unspecified atom stereocenters. The highest BCUT2D eigenvalue weighted by molar-refractivity contribution is 6.35. The van der Waals surface area contributed by atoms with E-state index in [1.807, 2.05) is 0 Å². The fourth-order valence-electron chi connectivity index (χ4n) is 0.608. The van der Waals surface area contributed by atoms with Crippen molar-refractivity contribution in [2.45, 2.75) is 18.9 Å². The summed E-state index contributed by atoms with van der Waals surface area (Å²) in [5.74, 6) is -9.80. The quantitative estimate of drug-likeness (QED) is 0.133. The smallest absolute Gasteiger partial charge is 0.372 e. The molecule has 0 aromatic heterocycles. The molecule has 0 aromatic carbocycles. The first-order valence-electron chi connectivity index (χ1n) is 5.95. The molecule has 0 rings (SSSR count). The van der Waals surface area contributed by atoms with Crippen molar-refractivity contribution in [3.8, 4) is 0 Å². The molecule has 0 radical (unpaired) electrons. The summed E-state index contributed by atoms with van der Waals surface area (Å²) in [6, 6.07) is 0. The number of carboxylic acids is 6. The first-order chi connectivity index (χ1) is 11.7. The molecule has 0 aliphatic heterocycles. The van der Waals surface area contributed by atoms with Crippen molar-refractivity contribution >= 4 is 41.6 Å². The highest BCUT2D eigenvalue weighted by Crippen LogP contribution is 1.89. The van der Waals surface area contributed by atoms with E-state index >= 15 is 0 Å². The van der Waals surface area contributed by atoms with Gasteiger partial charge in [-0.2, -0.15) is 0 Å². The lowest BCUT2D eigenvalue weighted by molar-refractivity contribution is -0.153. The fourth-order valence-corrected chi connectivity index (χ4v) is 0.608. The van der Waals surface area contributed by atoms with Gasteiger partial charge in [0, 0.05) is 12.2 Å². The third kappa shape index (κ3) is 25.2. The summed E-state index contributed by atoms with van der Waals surface area (Å²) in [4.78, 5) is 67.7. The van der Waals surface area contributed by atoms with Gasteiger partial charge in [-0.25, -0.2) is 19.2 Å². The Labute approximate surface area is 143 Å². The van der Waals surface area contributed by atoms with Crippen LogP contribution < -0.4 is 0 Å². The number of aliphatic hydroxyl groups is 1. The predicted molar refractivity (Wildman–Crippen MR) is 75.2 cm³/mol. The fraction of sp³-hybridized carbons (Fsp3) is 0.250. The Kier molecular flexibility index (Phi) is 15.4. The molecule has 0 amide bonds. The second-order valence-corrected chi connectivity index (χ2v) is 3.76. The average molecular weight is 382 g/mol. The average Bonchev–Trinajstić information content (AvgIpc) is 2.44. The van der Waals surface area contributed by atoms with Crippen molar-refractivity contribution in [1.29, 1.82) is 0 Å². The van der Waals surface area contributed by atoms with Crippen molar-refractivity contribution in [2.24, 2.45) is 0 Å². The number of aliphatic carboxylic acids is 6. The molecule has 7 N–H and O–H groups in total. The van der Waals surface area contributed by atoms with Crippen LogP contribution in [0, 0.1) is 0 Å². The molecule has 0 heterocycles. The van der Waals surface area contributed by atoms with Gasteiger partial charge >= 0.3 is 35.8 Å². The zero-order chi connectivity index (χ0) is 21.4. The Morgan fingerprint density at radius 3 is 1.19 bits per heavy atom. The van der Waals surface area contributed by atoms with Gasteiger partial charge < -0.3 is 35.7 Å². The van der Waals surface area contributed by atoms with E-state index in [0.717, 1.165) is 0 Å². The Bertz CT molecular complexity index is 571. The number of hydrogen-bond donors (Lipinski definition) is 7. The summed E-state index contributed by atoms with van der Waals surface area (Å²) in [5.41, 5.74) is 0. The third-order valence-electron chi connectivity index (χ3n) is 1.57. The molecule has 1 atom stereocenters. The van der Waals surface area contributed by atoms with Crippen molar-refractivity contribution < 1.29 is 69.3 Å². The number of rotatable bonds is 8. The maximum Gasteiger partial charge on any atom is 0.372 e. The lowest BCUT2D eigenvalue weighted by Crippen LogP contribution is -2.22. The van der Waals surface area contributed by atoms with Crippen molar-refractivity contribution in [2.75, 3.05) is 0 Å². The van der Waals surface area contributed by atoms with Crippen LogP contribution in [0.25, 0.3) is 0 Å². The van der Waals surface area contributed by atoms with Crippen molar-refractivity contribution in [3.63, 3.8) is 0 Å². The summed E-state index contributed by atoms with van der Waals surface area (Å²) < 4.78 is 0. The minimum Gasteiger partial charge on any atom is -0.481 e. The van der Waals surface area contributed by atoms with Crippen molar-refractivity contribution in [3.05, 3.63) is 12.2 Å². The van der Waals surface area contributed by atoms with Gasteiger partial charge in [0.25, 0.3) is 5.78 Å². The highest BCUT2D eigenvalue weighted by atomic mass is 16.4. The molecule has 0 aliphatic rings. The Hall–Kier alpha value is -3.81. The van der Waals surface area contributed by atoms with Gasteiger partial charge in [0.2, 0.25) is 0 Å². The van der Waals surface area contributed by atoms with Gasteiger partial charge in [0.15, 0.2) is 6.10 Å². The van der Waals surface area contributed by atoms with Gasteiger partial charge in [0.05, 0.1) is 6.42 Å². The number of carboxylic acid groups (broad SMARTS) is 6. The first kappa shape index (κ1) is 27.1. The monoisotopic (exact) mass is 382 g/mol. The standard InChI is InChI=1S/C4H6O5.C4H4O5.C4H4O4/c2*5-2(4(8)9)1-3(6)7;5-3(6)1-2-4(7)8/h2,5H,1H2,(H,6,7)(H,8,9);1H2,(H,6,7)(H,8,9);1-2H,(H,5,6)(H,7,8). The molecular formula is C12H14O14. The van der Waals surface area contributed by atoms with Crippen LogP contribution in [0.4, 0.5) is 0 Å². The molecule has 14 nitrogen and oxygen atoms in total. The van der Waals surface area contributed by atoms with E-state index in [1.54, 1.807) is 0 Å². The van der Waals surface area contributed by atoms with Crippen LogP contribution in [0.5, 0.6) is 0 Å². The molecule has 0 spiro atoms. The predicted octanol–water partition coefficient (Wildman–Crippen LogP) is -2.27. The summed E-state index contributed by atoms with van der Waals surface area (Å²) in [6.45, 7) is 0. The topological polar surface area (TPSA) is 261 Å². The first-order valence-corrected chi connectivity index (χ1v) is 5.95. The minimum atomic E-state index is -1.79. The van der Waals surface area contributed by atoms with E-state index in [0.29, 0.717) is 12.2 Å². The third-order valence-corrected chi connectivity index (χ3v) is 1.57. The molecule has 0 saturated heterocycles. The number of ketones is 1. The van der Waals surface area contributed by atoms with Gasteiger partial charge in [0.1, 0.15) is 6.42 Å². The number of Topliss-reactive ketones (excluding diaryl/α,β-unsaturated/α-hetero) is 1. The molecule has 0 saturated carbocycles. The van der Waals surface area contributed by atoms with E-state index in [-0.39, 0.29) is 0 Å². The van der Waals surface area contributed by atoms with Crippen LogP contribution in [-0.2, 0) is 33.6 Å². The second kappa shape index (κ2) is 14.8. The van der Waals surface area contributed by atoms with Crippen molar-refractivity contribution in [1.82, 2.24) is 0 Å². The van der Waals surface area contributed by atoms with Crippen LogP contribution in [0.1, 0.15) is 12.8 Å². The van der Waals surface area contributed by atoms with E-state index in [2.05, 4.69) is 0 Å². The lowest BCUT2D eigenvalue weighted by Gasteiger charge is -1.97. The van der Waals surface area contributed by atoms with Gasteiger partial charge in [-0.05, 0) is 0 Å². The maximum absolute atomic E-state index is 9.97. The molecule has 0 aromatic rings. The molecule has 0 bridgehead atoms. The van der Waals surface area contributed by atoms with E-state index in [4.69, 9.17) is 35.7 Å². The van der Waals surface area contributed by atoms with Crippen LogP contribution in [0.2, 0.25) is 0 Å². The van der Waals surface area contributed by atoms with Crippen LogP contribution in [0.3, 0.4) is 0 Å². The number of aliphatic hydroxyl groups excluding tert-OH is 1. The van der Waals surface area contributed by atoms with Gasteiger partial charge in [-0.3, -0.25) is 14.4 Å². The maximum atomic E-state index is 9.97. The molecule has 0 aliphatic carbocycles. The van der Waals surface area contributed by atoms with Gasteiger partial charge in [-0.15, -0.1) is 0 Å². The normalized spacial score (nSPS) is 10.2. The van der Waals surface area contributed by atoms with Crippen LogP contribution in [-0.4, -0.2) is 83.4 Å². The Morgan fingerprint density at radius 1 is 0.692 bits per heavy atom. The zero-order valence-electron chi connectivity index (χ0n) is 12.6. The van der Waals surface area contributed by atoms with Crippen LogP contribution in [0.15, 0.2) is 12.2 Å². The number of carbonyl (C=O) groups is 7. The van der Waals surface area contributed by atoms with E-state index in [9.17, 15) is 33.6 Å². The minimum absolute atomic E-state index is 0.558. The number of carbonyl (C=O) groups excluding carboxylic acids is 1. The largest absolute Gasteiger partial charge is 0.481 e. The molecule has 26 heavy (non-hydrogen) atoms. The highest BCUT2D eigenvalue weighted by Gasteiger charge is 2.16. The summed E-state index contributed by atoms with van der Waals surface area (Å²) in [5, 5.41) is 55.4. The lowest BCUT2D eigenvalue weighted by atomic mass is 10.3. The number of hydrogen-bond acceptors (Lipinski definition) is 8. The van der Waals surface area contributed by atoms with Crippen LogP contribution >= 0.6 is 0 Å². The molecule has 0 fully saturated rings. The summed E-state index contributed by atoms with van der Waals surface area (Å²) in [7, 11) is 0.